The third-order valence-corrected chi connectivity index (χ3v) is 2.04. The normalized spacial score (nSPS) is 12.1. The van der Waals surface area contributed by atoms with Crippen LogP contribution in [0.15, 0.2) is 30.3 Å². The topological polar surface area (TPSA) is 60.8 Å². The highest BCUT2D eigenvalue weighted by Gasteiger charge is 2.13. The van der Waals surface area contributed by atoms with Crippen LogP contribution in [0.3, 0.4) is 0 Å². The molecule has 0 spiro atoms. The van der Waals surface area contributed by atoms with E-state index in [4.69, 9.17) is 10.3 Å². The first kappa shape index (κ1) is 10.5. The smallest absolute Gasteiger partial charge is 0.431 e. The Morgan fingerprint density at radius 3 is 2.50 bits per heavy atom. The Labute approximate surface area is 82.4 Å². The molecule has 0 saturated carbocycles. The molecule has 1 unspecified atom stereocenters. The zero-order valence-corrected chi connectivity index (χ0v) is 7.92. The van der Waals surface area contributed by atoms with Gasteiger partial charge < -0.3 is 5.11 Å². The molecule has 0 bridgehead atoms. The molecular weight excluding hydrogens is 182 g/mol. The second kappa shape index (κ2) is 4.62. The van der Waals surface area contributed by atoms with Gasteiger partial charge in [-0.2, -0.15) is 5.06 Å². The van der Waals surface area contributed by atoms with E-state index in [1.54, 1.807) is 0 Å². The molecular formula is C10H13NO3. The number of rotatable bonds is 3. The molecule has 0 saturated heterocycles. The van der Waals surface area contributed by atoms with Gasteiger partial charge in [0.05, 0.1) is 6.54 Å². The zero-order valence-electron chi connectivity index (χ0n) is 7.92. The molecule has 0 aromatic heterocycles. The quantitative estimate of drug-likeness (QED) is 0.574. The first-order valence-corrected chi connectivity index (χ1v) is 4.35. The number of nitrogens with zero attached hydrogens (tertiary/aromatic N) is 1. The minimum absolute atomic E-state index is 0.0164. The number of amides is 1. The van der Waals surface area contributed by atoms with Crippen LogP contribution in [0.4, 0.5) is 4.79 Å². The van der Waals surface area contributed by atoms with Crippen molar-refractivity contribution in [3.63, 3.8) is 0 Å². The summed E-state index contributed by atoms with van der Waals surface area (Å²) in [7, 11) is 0. The van der Waals surface area contributed by atoms with E-state index >= 15 is 0 Å². The summed E-state index contributed by atoms with van der Waals surface area (Å²) < 4.78 is 0. The van der Waals surface area contributed by atoms with Gasteiger partial charge >= 0.3 is 6.09 Å². The molecule has 2 N–H and O–H groups in total. The largest absolute Gasteiger partial charge is 0.463 e. The van der Waals surface area contributed by atoms with Gasteiger partial charge in [-0.25, -0.2) is 4.79 Å². The molecule has 4 nitrogen and oxygen atoms in total. The van der Waals surface area contributed by atoms with E-state index in [0.717, 1.165) is 5.56 Å². The Morgan fingerprint density at radius 1 is 1.43 bits per heavy atom. The minimum atomic E-state index is -1.33. The van der Waals surface area contributed by atoms with E-state index in [1.807, 2.05) is 37.3 Å². The van der Waals surface area contributed by atoms with Crippen molar-refractivity contribution in [1.82, 2.24) is 5.06 Å². The van der Waals surface area contributed by atoms with Crippen molar-refractivity contribution < 1.29 is 15.1 Å². The monoisotopic (exact) mass is 195 g/mol. The minimum Gasteiger partial charge on any atom is -0.463 e. The van der Waals surface area contributed by atoms with Crippen LogP contribution in [0.5, 0.6) is 0 Å². The molecule has 76 valence electrons. The Kier molecular flexibility index (Phi) is 3.48. The maximum absolute atomic E-state index is 10.3. The van der Waals surface area contributed by atoms with Crippen LogP contribution in [0.25, 0.3) is 0 Å². The highest BCUT2D eigenvalue weighted by Crippen LogP contribution is 2.15. The molecule has 0 heterocycles. The summed E-state index contributed by atoms with van der Waals surface area (Å²) in [5.74, 6) is -0.0164. The lowest BCUT2D eigenvalue weighted by Crippen LogP contribution is -2.29. The summed E-state index contributed by atoms with van der Waals surface area (Å²) in [6, 6.07) is 9.47. The Hall–Kier alpha value is -1.55. The van der Waals surface area contributed by atoms with Crippen molar-refractivity contribution in [3.8, 4) is 0 Å². The van der Waals surface area contributed by atoms with Crippen LogP contribution in [-0.2, 0) is 0 Å². The van der Waals surface area contributed by atoms with Gasteiger partial charge in [-0.05, 0) is 5.56 Å². The maximum atomic E-state index is 10.3. The molecule has 14 heavy (non-hydrogen) atoms. The molecule has 1 amide bonds. The molecule has 1 aromatic rings. The molecule has 0 radical (unpaired) electrons. The first-order valence-electron chi connectivity index (χ1n) is 4.35. The summed E-state index contributed by atoms with van der Waals surface area (Å²) in [5, 5.41) is 17.7. The van der Waals surface area contributed by atoms with Crippen molar-refractivity contribution >= 4 is 6.09 Å². The number of benzene rings is 1. The molecule has 0 aliphatic rings. The number of hydrogen-bond donors (Lipinski definition) is 2. The van der Waals surface area contributed by atoms with Crippen LogP contribution in [0, 0.1) is 0 Å². The molecule has 0 aliphatic heterocycles. The Morgan fingerprint density at radius 2 is 2.00 bits per heavy atom. The van der Waals surface area contributed by atoms with Gasteiger partial charge in [-0.3, -0.25) is 5.21 Å². The van der Waals surface area contributed by atoms with Crippen LogP contribution >= 0.6 is 0 Å². The average Bonchev–Trinajstić information content (AvgIpc) is 2.19. The number of hydroxylamine groups is 2. The van der Waals surface area contributed by atoms with Gasteiger partial charge in [-0.15, -0.1) is 0 Å². The number of carbonyl (C=O) groups is 1. The fourth-order valence-corrected chi connectivity index (χ4v) is 1.22. The van der Waals surface area contributed by atoms with E-state index in [1.165, 1.54) is 0 Å². The van der Waals surface area contributed by atoms with Crippen molar-refractivity contribution in [2.24, 2.45) is 0 Å². The Balaban J connectivity index is 2.59. The Bertz CT molecular complexity index is 299. The van der Waals surface area contributed by atoms with E-state index in [-0.39, 0.29) is 12.5 Å². The van der Waals surface area contributed by atoms with E-state index in [0.29, 0.717) is 5.06 Å². The predicted molar refractivity (Wildman–Crippen MR) is 51.4 cm³/mol. The first-order chi connectivity index (χ1) is 6.61. The van der Waals surface area contributed by atoms with Crippen molar-refractivity contribution in [3.05, 3.63) is 35.9 Å². The third kappa shape index (κ3) is 2.74. The van der Waals surface area contributed by atoms with Crippen molar-refractivity contribution in [2.45, 2.75) is 12.8 Å². The molecule has 0 fully saturated rings. The molecule has 1 atom stereocenters. The standard InChI is InChI=1S/C10H13NO3/c1-8(7-11(14)10(12)13)9-5-3-2-4-6-9/h2-6,8,14H,7H2,1H3,(H,12,13). The zero-order chi connectivity index (χ0) is 10.6. The number of hydrogen-bond acceptors (Lipinski definition) is 2. The SMILES string of the molecule is CC(CN(O)C(=O)O)c1ccccc1. The van der Waals surface area contributed by atoms with Gasteiger partial charge in [-0.1, -0.05) is 37.3 Å². The van der Waals surface area contributed by atoms with Gasteiger partial charge in [0.2, 0.25) is 0 Å². The fraction of sp³-hybridized carbons (Fsp3) is 0.300. The van der Waals surface area contributed by atoms with E-state index < -0.39 is 6.09 Å². The highest BCUT2D eigenvalue weighted by atomic mass is 16.6. The lowest BCUT2D eigenvalue weighted by atomic mass is 10.0. The lowest BCUT2D eigenvalue weighted by molar-refractivity contribution is -0.0667. The molecule has 1 rings (SSSR count). The average molecular weight is 195 g/mol. The van der Waals surface area contributed by atoms with Crippen LogP contribution < -0.4 is 0 Å². The van der Waals surface area contributed by atoms with Gasteiger partial charge in [0, 0.05) is 5.92 Å². The summed E-state index contributed by atoms with van der Waals surface area (Å²) >= 11 is 0. The number of carboxylic acid groups (broad SMARTS) is 1. The van der Waals surface area contributed by atoms with Gasteiger partial charge in [0.1, 0.15) is 0 Å². The summed E-state index contributed by atoms with van der Waals surface area (Å²) in [6.45, 7) is 1.95. The van der Waals surface area contributed by atoms with Gasteiger partial charge in [0.25, 0.3) is 0 Å². The molecule has 4 heteroatoms. The predicted octanol–water partition coefficient (Wildman–Crippen LogP) is 2.16. The van der Waals surface area contributed by atoms with Crippen LogP contribution in [-0.4, -0.2) is 28.0 Å². The highest BCUT2D eigenvalue weighted by molar-refractivity contribution is 5.63. The second-order valence-corrected chi connectivity index (χ2v) is 3.18. The molecule has 1 aromatic carbocycles. The van der Waals surface area contributed by atoms with E-state index in [2.05, 4.69) is 0 Å². The summed E-state index contributed by atoms with van der Waals surface area (Å²) in [6.07, 6.45) is -1.33. The van der Waals surface area contributed by atoms with Crippen molar-refractivity contribution in [2.75, 3.05) is 6.54 Å². The van der Waals surface area contributed by atoms with Crippen molar-refractivity contribution in [1.29, 1.82) is 0 Å². The molecule has 0 aliphatic carbocycles. The summed E-state index contributed by atoms with van der Waals surface area (Å²) in [4.78, 5) is 10.3. The third-order valence-electron chi connectivity index (χ3n) is 2.04. The van der Waals surface area contributed by atoms with Crippen LogP contribution in [0.2, 0.25) is 0 Å². The van der Waals surface area contributed by atoms with Gasteiger partial charge in [0.15, 0.2) is 0 Å². The van der Waals surface area contributed by atoms with E-state index in [9.17, 15) is 4.79 Å². The lowest BCUT2D eigenvalue weighted by Gasteiger charge is -2.16. The maximum Gasteiger partial charge on any atom is 0.431 e. The second-order valence-electron chi connectivity index (χ2n) is 3.18. The van der Waals surface area contributed by atoms with Crippen LogP contribution in [0.1, 0.15) is 18.4 Å². The summed E-state index contributed by atoms with van der Waals surface area (Å²) in [5.41, 5.74) is 1.01. The fourth-order valence-electron chi connectivity index (χ4n) is 1.22.